The quantitative estimate of drug-likeness (QED) is 0.713. The summed E-state index contributed by atoms with van der Waals surface area (Å²) in [6.45, 7) is 0.945. The molecule has 0 aliphatic carbocycles. The van der Waals surface area contributed by atoms with Crippen LogP contribution >= 0.6 is 0 Å². The minimum absolute atomic E-state index is 0.0216. The van der Waals surface area contributed by atoms with E-state index in [0.717, 1.165) is 12.8 Å². The molecule has 1 aromatic heterocycles. The van der Waals surface area contributed by atoms with E-state index in [0.29, 0.717) is 18.9 Å². The van der Waals surface area contributed by atoms with Gasteiger partial charge in [-0.2, -0.15) is 22.5 Å². The molecule has 0 amide bonds. The molecular weight excluding hydrogens is 270 g/mol. The third-order valence-corrected chi connectivity index (χ3v) is 4.66. The number of rotatable bonds is 5. The van der Waals surface area contributed by atoms with E-state index < -0.39 is 10.2 Å². The fourth-order valence-corrected chi connectivity index (χ4v) is 3.38. The van der Waals surface area contributed by atoms with Crippen molar-refractivity contribution in [3.8, 4) is 0 Å². The zero-order chi connectivity index (χ0) is 13.9. The van der Waals surface area contributed by atoms with Crippen LogP contribution in [0.4, 0.5) is 0 Å². The lowest BCUT2D eigenvalue weighted by atomic mass is 10.0. The number of aliphatic hydroxyl groups excluding tert-OH is 1. The minimum atomic E-state index is -3.53. The Kier molecular flexibility index (Phi) is 4.50. The summed E-state index contributed by atoms with van der Waals surface area (Å²) in [7, 11) is -1.81. The summed E-state index contributed by atoms with van der Waals surface area (Å²) in [6.07, 6.45) is 3.16. The van der Waals surface area contributed by atoms with Gasteiger partial charge in [0.1, 0.15) is 6.33 Å². The molecule has 1 unspecified atom stereocenters. The number of aliphatic hydroxyl groups is 1. The van der Waals surface area contributed by atoms with Gasteiger partial charge in [0, 0.05) is 26.7 Å². The average Bonchev–Trinajstić information content (AvgIpc) is 2.82. The van der Waals surface area contributed by atoms with Crippen molar-refractivity contribution in [1.82, 2.24) is 23.8 Å². The molecule has 1 atom stereocenters. The number of aryl methyl sites for hydroxylation is 1. The Morgan fingerprint density at radius 3 is 3.00 bits per heavy atom. The number of nitrogens with one attached hydrogen (secondary N) is 1. The first-order valence-corrected chi connectivity index (χ1v) is 7.65. The van der Waals surface area contributed by atoms with Crippen LogP contribution in [0.2, 0.25) is 0 Å². The van der Waals surface area contributed by atoms with Crippen molar-refractivity contribution in [1.29, 1.82) is 0 Å². The second kappa shape index (κ2) is 5.95. The third-order valence-electron chi connectivity index (χ3n) is 3.14. The predicted molar refractivity (Wildman–Crippen MR) is 68.1 cm³/mol. The molecule has 2 heterocycles. The average molecular weight is 289 g/mol. The summed E-state index contributed by atoms with van der Waals surface area (Å²) in [4.78, 5) is 3.96. The van der Waals surface area contributed by atoms with E-state index in [1.54, 1.807) is 7.05 Å². The second-order valence-electron chi connectivity index (χ2n) is 4.71. The Balaban J connectivity index is 1.94. The van der Waals surface area contributed by atoms with Crippen molar-refractivity contribution >= 4 is 10.2 Å². The van der Waals surface area contributed by atoms with Crippen LogP contribution in [0.5, 0.6) is 0 Å². The van der Waals surface area contributed by atoms with Gasteiger partial charge in [-0.1, -0.05) is 0 Å². The minimum Gasteiger partial charge on any atom is -0.396 e. The zero-order valence-corrected chi connectivity index (χ0v) is 11.7. The Morgan fingerprint density at radius 2 is 2.37 bits per heavy atom. The fraction of sp³-hybridized carbons (Fsp3) is 0.800. The third kappa shape index (κ3) is 3.72. The van der Waals surface area contributed by atoms with Gasteiger partial charge in [-0.25, -0.2) is 4.98 Å². The summed E-state index contributed by atoms with van der Waals surface area (Å²) in [5.74, 6) is 0.458. The van der Waals surface area contributed by atoms with Crippen molar-refractivity contribution in [3.63, 3.8) is 0 Å². The first kappa shape index (κ1) is 14.4. The van der Waals surface area contributed by atoms with Crippen LogP contribution < -0.4 is 4.72 Å². The first-order chi connectivity index (χ1) is 9.01. The molecule has 0 bridgehead atoms. The lowest BCUT2D eigenvalue weighted by Gasteiger charge is -2.30. The van der Waals surface area contributed by atoms with Gasteiger partial charge in [0.15, 0.2) is 5.82 Å². The molecule has 8 nitrogen and oxygen atoms in total. The van der Waals surface area contributed by atoms with Gasteiger partial charge >= 0.3 is 0 Å². The van der Waals surface area contributed by atoms with Crippen LogP contribution in [0.25, 0.3) is 0 Å². The fourth-order valence-electron chi connectivity index (χ4n) is 2.11. The molecular formula is C10H19N5O3S. The summed E-state index contributed by atoms with van der Waals surface area (Å²) in [5, 5.41) is 13.1. The summed E-state index contributed by atoms with van der Waals surface area (Å²) in [5.41, 5.74) is 0. The molecule has 1 aliphatic heterocycles. The molecule has 2 rings (SSSR count). The Hall–Kier alpha value is -1.03. The maximum Gasteiger partial charge on any atom is 0.279 e. The standard InChI is InChI=1S/C10H19N5O3S/c1-14-8-11-10(13-14)5-12-19(17,18)15-4-2-3-9(6-15)7-16/h8-9,12,16H,2-7H2,1H3. The molecule has 9 heteroatoms. The smallest absolute Gasteiger partial charge is 0.279 e. The maximum atomic E-state index is 12.1. The van der Waals surface area contributed by atoms with Gasteiger partial charge in [-0.3, -0.25) is 4.68 Å². The van der Waals surface area contributed by atoms with Gasteiger partial charge < -0.3 is 5.11 Å². The van der Waals surface area contributed by atoms with E-state index in [4.69, 9.17) is 5.11 Å². The first-order valence-electron chi connectivity index (χ1n) is 6.21. The van der Waals surface area contributed by atoms with Crippen LogP contribution in [-0.2, 0) is 23.8 Å². The van der Waals surface area contributed by atoms with Gasteiger partial charge in [0.25, 0.3) is 10.2 Å². The number of aromatic nitrogens is 3. The van der Waals surface area contributed by atoms with E-state index in [1.807, 2.05) is 0 Å². The Morgan fingerprint density at radius 1 is 1.58 bits per heavy atom. The molecule has 1 saturated heterocycles. The summed E-state index contributed by atoms with van der Waals surface area (Å²) < 4.78 is 29.6. The van der Waals surface area contributed by atoms with Crippen molar-refractivity contribution in [3.05, 3.63) is 12.2 Å². The molecule has 0 spiro atoms. The van der Waals surface area contributed by atoms with E-state index in [1.165, 1.54) is 15.3 Å². The molecule has 0 radical (unpaired) electrons. The van der Waals surface area contributed by atoms with E-state index in [9.17, 15) is 8.42 Å². The van der Waals surface area contributed by atoms with Gasteiger partial charge in [0.2, 0.25) is 0 Å². The highest BCUT2D eigenvalue weighted by Gasteiger charge is 2.28. The van der Waals surface area contributed by atoms with Gasteiger partial charge in [-0.05, 0) is 18.8 Å². The van der Waals surface area contributed by atoms with Crippen molar-refractivity contribution in [2.75, 3.05) is 19.7 Å². The monoisotopic (exact) mass is 289 g/mol. The summed E-state index contributed by atoms with van der Waals surface area (Å²) in [6, 6.07) is 0. The Labute approximate surface area is 112 Å². The Bertz CT molecular complexity index is 515. The number of piperidine rings is 1. The van der Waals surface area contributed by atoms with Crippen LogP contribution in [-0.4, -0.2) is 52.3 Å². The SMILES string of the molecule is Cn1cnc(CNS(=O)(=O)N2CCCC(CO)C2)n1. The van der Waals surface area contributed by atoms with Gasteiger partial charge in [-0.15, -0.1) is 0 Å². The topological polar surface area (TPSA) is 100 Å². The normalized spacial score (nSPS) is 21.7. The zero-order valence-electron chi connectivity index (χ0n) is 10.9. The largest absolute Gasteiger partial charge is 0.396 e. The van der Waals surface area contributed by atoms with Crippen LogP contribution in [0, 0.1) is 5.92 Å². The van der Waals surface area contributed by atoms with E-state index in [-0.39, 0.29) is 19.1 Å². The highest BCUT2D eigenvalue weighted by Crippen LogP contribution is 2.17. The van der Waals surface area contributed by atoms with E-state index in [2.05, 4.69) is 14.8 Å². The predicted octanol–water partition coefficient (Wildman–Crippen LogP) is -1.15. The van der Waals surface area contributed by atoms with Crippen molar-refractivity contribution < 1.29 is 13.5 Å². The van der Waals surface area contributed by atoms with Crippen LogP contribution in [0.15, 0.2) is 6.33 Å². The molecule has 19 heavy (non-hydrogen) atoms. The van der Waals surface area contributed by atoms with E-state index >= 15 is 0 Å². The van der Waals surface area contributed by atoms with Crippen LogP contribution in [0.3, 0.4) is 0 Å². The second-order valence-corrected chi connectivity index (χ2v) is 6.46. The number of hydrogen-bond acceptors (Lipinski definition) is 5. The maximum absolute atomic E-state index is 12.1. The van der Waals surface area contributed by atoms with Crippen molar-refractivity contribution in [2.45, 2.75) is 19.4 Å². The number of nitrogens with zero attached hydrogens (tertiary/aromatic N) is 4. The summed E-state index contributed by atoms with van der Waals surface area (Å²) >= 11 is 0. The highest BCUT2D eigenvalue weighted by atomic mass is 32.2. The molecule has 1 aliphatic rings. The lowest BCUT2D eigenvalue weighted by molar-refractivity contribution is 0.164. The molecule has 0 saturated carbocycles. The highest BCUT2D eigenvalue weighted by molar-refractivity contribution is 7.87. The van der Waals surface area contributed by atoms with Crippen molar-refractivity contribution in [2.24, 2.45) is 13.0 Å². The molecule has 108 valence electrons. The molecule has 2 N–H and O–H groups in total. The molecule has 0 aromatic carbocycles. The van der Waals surface area contributed by atoms with Gasteiger partial charge in [0.05, 0.1) is 6.54 Å². The molecule has 1 fully saturated rings. The lowest BCUT2D eigenvalue weighted by Crippen LogP contribution is -2.46. The molecule has 1 aromatic rings. The number of hydrogen-bond donors (Lipinski definition) is 2. The van der Waals surface area contributed by atoms with Crippen LogP contribution in [0.1, 0.15) is 18.7 Å².